The molecule has 0 spiro atoms. The molecule has 2 heteroatoms. The van der Waals surface area contributed by atoms with Crippen LogP contribution >= 0.6 is 0 Å². The van der Waals surface area contributed by atoms with Gasteiger partial charge in [0.15, 0.2) is 5.78 Å². The fourth-order valence-corrected chi connectivity index (χ4v) is 5.46. The van der Waals surface area contributed by atoms with E-state index in [9.17, 15) is 4.79 Å². The van der Waals surface area contributed by atoms with E-state index in [0.29, 0.717) is 11.1 Å². The van der Waals surface area contributed by atoms with Gasteiger partial charge in [-0.25, -0.2) is 0 Å². The Morgan fingerprint density at radius 2 is 1.07 bits per heavy atom. The van der Waals surface area contributed by atoms with E-state index in [1.165, 1.54) is 16.7 Å². The first-order valence-corrected chi connectivity index (χ1v) is 14.4. The molecule has 0 aromatic heterocycles. The van der Waals surface area contributed by atoms with Crippen molar-refractivity contribution in [3.8, 4) is 33.4 Å². The molecule has 1 nitrogen and oxygen atoms in total. The van der Waals surface area contributed by atoms with Crippen LogP contribution in [-0.2, 0) is 12.8 Å². The highest BCUT2D eigenvalue weighted by atomic mass is 16.1. The van der Waals surface area contributed by atoms with E-state index < -0.39 is 0 Å². The summed E-state index contributed by atoms with van der Waals surface area (Å²) in [5, 5.41) is 0. The fraction of sp³-hybridized carbons (Fsp3) is 0.0750. The molecular weight excluding hydrogens is 507 g/mol. The largest absolute Gasteiger partial charge is 0.289 e. The molecule has 0 aliphatic carbocycles. The average molecular weight is 538 g/mol. The maximum Gasteiger partial charge on any atom is 0.193 e. The van der Waals surface area contributed by atoms with Gasteiger partial charge in [0.25, 0.3) is 0 Å². The molecule has 42 heavy (non-hydrogen) atoms. The molecule has 6 rings (SSSR count). The van der Waals surface area contributed by atoms with Crippen LogP contribution in [-0.4, -0.2) is 13.6 Å². The van der Waals surface area contributed by atoms with Crippen LogP contribution in [0.3, 0.4) is 0 Å². The fourth-order valence-electron chi connectivity index (χ4n) is 5.46. The lowest BCUT2D eigenvalue weighted by molar-refractivity contribution is 0.103. The van der Waals surface area contributed by atoms with E-state index in [-0.39, 0.29) is 5.78 Å². The maximum atomic E-state index is 13.9. The van der Waals surface area contributed by atoms with Crippen molar-refractivity contribution >= 4 is 19.1 Å². The van der Waals surface area contributed by atoms with Gasteiger partial charge in [-0.1, -0.05) is 127 Å². The molecule has 200 valence electrons. The van der Waals surface area contributed by atoms with Gasteiger partial charge in [0, 0.05) is 11.1 Å². The van der Waals surface area contributed by atoms with Crippen molar-refractivity contribution in [3.63, 3.8) is 0 Å². The van der Waals surface area contributed by atoms with E-state index in [4.69, 9.17) is 7.85 Å². The molecule has 0 aliphatic heterocycles. The topological polar surface area (TPSA) is 17.1 Å². The molecule has 2 radical (unpaired) electrons. The van der Waals surface area contributed by atoms with Gasteiger partial charge in [-0.05, 0) is 94.1 Å². The van der Waals surface area contributed by atoms with Crippen molar-refractivity contribution in [2.24, 2.45) is 0 Å². The zero-order valence-corrected chi connectivity index (χ0v) is 23.8. The lowest BCUT2D eigenvalue weighted by atomic mass is 9.90. The van der Waals surface area contributed by atoms with Crippen molar-refractivity contribution < 1.29 is 4.79 Å². The van der Waals surface area contributed by atoms with E-state index in [1.807, 2.05) is 72.8 Å². The Kier molecular flexibility index (Phi) is 7.97. The van der Waals surface area contributed by atoms with Gasteiger partial charge in [-0.3, -0.25) is 4.79 Å². The first-order valence-electron chi connectivity index (χ1n) is 14.4. The van der Waals surface area contributed by atoms with Gasteiger partial charge in [-0.2, -0.15) is 0 Å². The number of ketones is 1. The van der Waals surface area contributed by atoms with E-state index in [2.05, 4.69) is 79.7 Å². The molecule has 0 atom stereocenters. The summed E-state index contributed by atoms with van der Waals surface area (Å²) in [5.41, 5.74) is 12.4. The zero-order chi connectivity index (χ0) is 28.9. The molecule has 0 aliphatic rings. The minimum absolute atomic E-state index is 0.0148. The van der Waals surface area contributed by atoms with Crippen LogP contribution in [0.15, 0.2) is 146 Å². The summed E-state index contributed by atoms with van der Waals surface area (Å²) >= 11 is 0. The smallest absolute Gasteiger partial charge is 0.193 e. The Bertz CT molecular complexity index is 1780. The van der Waals surface area contributed by atoms with Crippen LogP contribution in [0.4, 0.5) is 0 Å². The summed E-state index contributed by atoms with van der Waals surface area (Å²) in [4.78, 5) is 13.9. The number of carbonyl (C=O) groups is 1. The van der Waals surface area contributed by atoms with E-state index in [1.54, 1.807) is 0 Å². The second-order valence-electron chi connectivity index (χ2n) is 10.8. The molecular formula is C40H31BO. The lowest BCUT2D eigenvalue weighted by Crippen LogP contribution is -2.05. The molecule has 0 saturated heterocycles. The Balaban J connectivity index is 1.26. The van der Waals surface area contributed by atoms with Crippen molar-refractivity contribution in [1.82, 2.24) is 0 Å². The summed E-state index contributed by atoms with van der Waals surface area (Å²) in [5.74, 6) is 0.0148. The SMILES string of the molecule is [B]c1ccc(C)c(CCc2ccc(-c3cccc(C(=O)c4cc(-c5ccccc5)cc(-c5ccccc5)c4)c3)cc2)c1. The van der Waals surface area contributed by atoms with Gasteiger partial charge >= 0.3 is 0 Å². The van der Waals surface area contributed by atoms with Gasteiger partial charge in [0.1, 0.15) is 7.85 Å². The number of aryl methyl sites for hydroxylation is 3. The normalized spacial score (nSPS) is 10.9. The standard InChI is InChI=1S/C40H31BO/c1-28-15-22-39(41)27-33(28)21-18-29-16-19-32(20-17-29)34-13-8-14-35(23-34)40(42)38-25-36(30-9-4-2-5-10-30)24-37(26-38)31-11-6-3-7-12-31/h2-17,19-20,22-27H,18,21H2,1H3. The molecule has 6 aromatic carbocycles. The lowest BCUT2D eigenvalue weighted by Gasteiger charge is -2.12. The number of benzene rings is 6. The summed E-state index contributed by atoms with van der Waals surface area (Å²) in [6, 6.07) is 49.4. The highest BCUT2D eigenvalue weighted by molar-refractivity contribution is 6.32. The number of hydrogen-bond donors (Lipinski definition) is 0. The Morgan fingerprint density at radius 1 is 0.500 bits per heavy atom. The minimum atomic E-state index is 0.0148. The quantitative estimate of drug-likeness (QED) is 0.140. The summed E-state index contributed by atoms with van der Waals surface area (Å²) in [6.45, 7) is 2.13. The van der Waals surface area contributed by atoms with Crippen molar-refractivity contribution in [2.75, 3.05) is 0 Å². The minimum Gasteiger partial charge on any atom is -0.289 e. The Labute approximate surface area is 249 Å². The number of hydrogen-bond acceptors (Lipinski definition) is 1. The molecule has 0 unspecified atom stereocenters. The van der Waals surface area contributed by atoms with E-state index >= 15 is 0 Å². The monoisotopic (exact) mass is 538 g/mol. The summed E-state index contributed by atoms with van der Waals surface area (Å²) in [6.07, 6.45) is 1.90. The molecule has 0 bridgehead atoms. The van der Waals surface area contributed by atoms with Crippen LogP contribution < -0.4 is 5.46 Å². The molecule has 0 heterocycles. The highest BCUT2D eigenvalue weighted by Crippen LogP contribution is 2.30. The highest BCUT2D eigenvalue weighted by Gasteiger charge is 2.14. The number of carbonyl (C=O) groups excluding carboxylic acids is 1. The third-order valence-corrected chi connectivity index (χ3v) is 7.88. The van der Waals surface area contributed by atoms with Gasteiger partial charge < -0.3 is 0 Å². The molecule has 0 N–H and O–H groups in total. The second-order valence-corrected chi connectivity index (χ2v) is 10.8. The molecule has 0 fully saturated rings. The van der Waals surface area contributed by atoms with Crippen LogP contribution in [0.25, 0.3) is 33.4 Å². The number of rotatable bonds is 8. The summed E-state index contributed by atoms with van der Waals surface area (Å²) < 4.78 is 0. The van der Waals surface area contributed by atoms with Crippen molar-refractivity contribution in [2.45, 2.75) is 19.8 Å². The third kappa shape index (κ3) is 6.19. The zero-order valence-electron chi connectivity index (χ0n) is 23.8. The van der Waals surface area contributed by atoms with Crippen LogP contribution in [0.1, 0.15) is 32.6 Å². The third-order valence-electron chi connectivity index (χ3n) is 7.88. The van der Waals surface area contributed by atoms with Gasteiger partial charge in [0.05, 0.1) is 0 Å². The Morgan fingerprint density at radius 3 is 1.71 bits per heavy atom. The van der Waals surface area contributed by atoms with Crippen LogP contribution in [0.2, 0.25) is 0 Å². The molecule has 0 amide bonds. The second kappa shape index (κ2) is 12.3. The Hall–Kier alpha value is -4.95. The van der Waals surface area contributed by atoms with E-state index in [0.717, 1.165) is 51.7 Å². The molecule has 0 saturated carbocycles. The van der Waals surface area contributed by atoms with Crippen LogP contribution in [0, 0.1) is 6.92 Å². The summed E-state index contributed by atoms with van der Waals surface area (Å²) in [7, 11) is 6.00. The predicted octanol–water partition coefficient (Wildman–Crippen LogP) is 8.81. The first-order chi connectivity index (χ1) is 20.5. The predicted molar refractivity (Wildman–Crippen MR) is 177 cm³/mol. The first kappa shape index (κ1) is 27.2. The molecule has 6 aromatic rings. The van der Waals surface area contributed by atoms with Crippen molar-refractivity contribution in [1.29, 1.82) is 0 Å². The van der Waals surface area contributed by atoms with Crippen LogP contribution in [0.5, 0.6) is 0 Å². The maximum absolute atomic E-state index is 13.9. The van der Waals surface area contributed by atoms with Gasteiger partial charge in [-0.15, -0.1) is 0 Å². The van der Waals surface area contributed by atoms with Gasteiger partial charge in [0.2, 0.25) is 0 Å². The average Bonchev–Trinajstić information content (AvgIpc) is 3.05. The van der Waals surface area contributed by atoms with Crippen molar-refractivity contribution in [3.05, 3.63) is 173 Å².